The molecule has 0 spiro atoms. The maximum absolute atomic E-state index is 10.7. The van der Waals surface area contributed by atoms with Gasteiger partial charge in [0.25, 0.3) is 0 Å². The first-order valence-electron chi connectivity index (χ1n) is 21.1. The minimum absolute atomic E-state index is 0. The van der Waals surface area contributed by atoms with Crippen molar-refractivity contribution in [2.75, 3.05) is 19.6 Å². The van der Waals surface area contributed by atoms with Crippen molar-refractivity contribution in [1.29, 1.82) is 0 Å². The summed E-state index contributed by atoms with van der Waals surface area (Å²) in [7, 11) is 0. The minimum Gasteiger partial charge on any atom is -0.550 e. The summed E-state index contributed by atoms with van der Waals surface area (Å²) in [5.74, 6) is -0.895. The molecule has 0 atom stereocenters. The third kappa shape index (κ3) is 42.5. The topological polar surface area (TPSA) is 43.4 Å². The molecule has 0 aliphatic rings. The van der Waals surface area contributed by atoms with E-state index in [4.69, 9.17) is 0 Å². The van der Waals surface area contributed by atoms with Crippen LogP contribution in [0.5, 0.6) is 0 Å². The van der Waals surface area contributed by atoms with Gasteiger partial charge in [0.1, 0.15) is 0 Å². The summed E-state index contributed by atoms with van der Waals surface area (Å²) in [6.07, 6.45) is 48.7. The van der Waals surface area contributed by atoms with Gasteiger partial charge >= 0.3 is 29.6 Å². The number of carboxylic acids is 1. The van der Waals surface area contributed by atoms with Gasteiger partial charge in [0.05, 0.1) is 0 Å². The van der Waals surface area contributed by atoms with Crippen molar-refractivity contribution in [3.05, 3.63) is 0 Å². The van der Waals surface area contributed by atoms with Gasteiger partial charge in [-0.15, -0.1) is 0 Å². The molecule has 0 heterocycles. The van der Waals surface area contributed by atoms with Crippen LogP contribution in [0.3, 0.4) is 0 Å². The van der Waals surface area contributed by atoms with E-state index in [9.17, 15) is 9.90 Å². The van der Waals surface area contributed by atoms with Crippen molar-refractivity contribution in [2.45, 2.75) is 245 Å². The Labute approximate surface area is 313 Å². The number of aliphatic carboxylic acids is 1. The van der Waals surface area contributed by atoms with E-state index in [1.807, 2.05) is 0 Å². The number of rotatable bonds is 40. The normalized spacial score (nSPS) is 11.4. The average Bonchev–Trinajstić information content (AvgIpc) is 3.03. The first kappa shape index (κ1) is 48.5. The van der Waals surface area contributed by atoms with E-state index in [0.717, 1.165) is 25.8 Å². The first-order valence-corrected chi connectivity index (χ1v) is 21.1. The summed E-state index contributed by atoms with van der Waals surface area (Å²) in [4.78, 5) is 13.4. The number of carboxylic acid groups (broad SMARTS) is 1. The molecule has 0 aliphatic heterocycles. The second kappa shape index (κ2) is 43.5. The summed E-state index contributed by atoms with van der Waals surface area (Å²) in [6.45, 7) is 8.21. The third-order valence-corrected chi connectivity index (χ3v) is 10.0. The van der Waals surface area contributed by atoms with E-state index in [1.165, 1.54) is 219 Å². The predicted octanol–water partition coefficient (Wildman–Crippen LogP) is 10.1. The number of carbonyl (C=O) groups excluding carboxylic acids is 1. The standard InChI is InChI=1S/C42H85NO2.Na/c1-3-5-7-9-11-13-15-17-19-21-23-25-27-29-31-35-39-43(41-37-33-34-38-42(44)45)40-36-32-30-28-26-24-22-20-18-16-14-12-10-8-6-4-2;/h3-41H2,1-2H3,(H,44,45);/q;+1/p-1. The van der Waals surface area contributed by atoms with Gasteiger partial charge in [-0.05, 0) is 51.7 Å². The van der Waals surface area contributed by atoms with Crippen LogP contribution in [0.4, 0.5) is 0 Å². The fourth-order valence-electron chi connectivity index (χ4n) is 6.88. The Hall–Kier alpha value is 0.430. The van der Waals surface area contributed by atoms with Gasteiger partial charge in [0, 0.05) is 5.97 Å². The number of unbranched alkanes of at least 4 members (excludes halogenated alkanes) is 32. The summed E-state index contributed by atoms with van der Waals surface area (Å²) in [6, 6.07) is 0. The molecule has 3 nitrogen and oxygen atoms in total. The van der Waals surface area contributed by atoms with E-state index in [2.05, 4.69) is 18.7 Å². The van der Waals surface area contributed by atoms with Gasteiger partial charge in [-0.25, -0.2) is 0 Å². The van der Waals surface area contributed by atoms with Crippen LogP contribution in [0.25, 0.3) is 0 Å². The molecule has 270 valence electrons. The fourth-order valence-corrected chi connectivity index (χ4v) is 6.88. The maximum atomic E-state index is 10.7. The Morgan fingerprint density at radius 2 is 0.543 bits per heavy atom. The number of carbonyl (C=O) groups is 1. The second-order valence-corrected chi connectivity index (χ2v) is 14.6. The summed E-state index contributed by atoms with van der Waals surface area (Å²) < 4.78 is 0. The quantitative estimate of drug-likeness (QED) is 0.0487. The molecular weight excluding hydrogens is 573 g/mol. The Morgan fingerprint density at radius 3 is 0.761 bits per heavy atom. The maximum Gasteiger partial charge on any atom is 1.00 e. The molecule has 0 aromatic carbocycles. The molecule has 0 N–H and O–H groups in total. The van der Waals surface area contributed by atoms with Crippen molar-refractivity contribution in [3.8, 4) is 0 Å². The number of nitrogens with zero attached hydrogens (tertiary/aromatic N) is 1. The molecule has 0 fully saturated rings. The van der Waals surface area contributed by atoms with Gasteiger partial charge < -0.3 is 14.8 Å². The van der Waals surface area contributed by atoms with Crippen LogP contribution in [0.2, 0.25) is 0 Å². The van der Waals surface area contributed by atoms with Gasteiger partial charge in [-0.1, -0.05) is 213 Å². The van der Waals surface area contributed by atoms with Gasteiger partial charge in [-0.3, -0.25) is 0 Å². The second-order valence-electron chi connectivity index (χ2n) is 14.6. The molecular formula is C42H84NNaO2. The first-order chi connectivity index (χ1) is 22.2. The monoisotopic (exact) mass is 658 g/mol. The molecule has 0 radical (unpaired) electrons. The zero-order valence-electron chi connectivity index (χ0n) is 32.3. The zero-order valence-corrected chi connectivity index (χ0v) is 34.3. The fraction of sp³-hybridized carbons (Fsp3) is 0.976. The van der Waals surface area contributed by atoms with Crippen LogP contribution >= 0.6 is 0 Å². The third-order valence-electron chi connectivity index (χ3n) is 10.0. The molecule has 0 aromatic rings. The molecule has 0 aromatic heterocycles. The summed E-state index contributed by atoms with van der Waals surface area (Å²) in [5, 5.41) is 10.7. The van der Waals surface area contributed by atoms with Crippen molar-refractivity contribution in [1.82, 2.24) is 4.90 Å². The molecule has 0 saturated heterocycles. The van der Waals surface area contributed by atoms with Crippen molar-refractivity contribution < 1.29 is 39.5 Å². The van der Waals surface area contributed by atoms with Crippen molar-refractivity contribution in [3.63, 3.8) is 0 Å². The van der Waals surface area contributed by atoms with Crippen LogP contribution < -0.4 is 34.7 Å². The van der Waals surface area contributed by atoms with Crippen LogP contribution in [0.15, 0.2) is 0 Å². The van der Waals surface area contributed by atoms with E-state index >= 15 is 0 Å². The van der Waals surface area contributed by atoms with Crippen LogP contribution in [-0.4, -0.2) is 30.5 Å². The largest absolute Gasteiger partial charge is 1.00 e. The molecule has 0 rings (SSSR count). The van der Waals surface area contributed by atoms with Gasteiger partial charge in [-0.2, -0.15) is 0 Å². The number of hydrogen-bond acceptors (Lipinski definition) is 3. The van der Waals surface area contributed by atoms with Crippen LogP contribution in [0.1, 0.15) is 245 Å². The Morgan fingerprint density at radius 1 is 0.348 bits per heavy atom. The molecule has 46 heavy (non-hydrogen) atoms. The Bertz CT molecular complexity index is 522. The van der Waals surface area contributed by atoms with Crippen molar-refractivity contribution >= 4 is 5.97 Å². The molecule has 0 aliphatic carbocycles. The zero-order chi connectivity index (χ0) is 32.7. The predicted molar refractivity (Wildman–Crippen MR) is 199 cm³/mol. The van der Waals surface area contributed by atoms with Gasteiger partial charge in [0.15, 0.2) is 0 Å². The molecule has 0 saturated carbocycles. The van der Waals surface area contributed by atoms with E-state index in [1.54, 1.807) is 0 Å². The Kier molecular flexibility index (Phi) is 45.9. The van der Waals surface area contributed by atoms with E-state index < -0.39 is 5.97 Å². The van der Waals surface area contributed by atoms with Crippen LogP contribution in [0, 0.1) is 0 Å². The molecule has 4 heteroatoms. The molecule has 0 amide bonds. The molecule has 0 bridgehead atoms. The SMILES string of the molecule is CCCCCCCCCCCCCCCCCCN(CCCCCCCCCCCCCCCCCC)CCCCCC(=O)[O-].[Na+]. The van der Waals surface area contributed by atoms with E-state index in [-0.39, 0.29) is 36.0 Å². The average molecular weight is 658 g/mol. The van der Waals surface area contributed by atoms with Crippen molar-refractivity contribution in [2.24, 2.45) is 0 Å². The molecule has 0 unspecified atom stereocenters. The summed E-state index contributed by atoms with van der Waals surface area (Å²) in [5.41, 5.74) is 0. The minimum atomic E-state index is -0.895. The van der Waals surface area contributed by atoms with Crippen LogP contribution in [-0.2, 0) is 4.79 Å². The smallest absolute Gasteiger partial charge is 0.550 e. The summed E-state index contributed by atoms with van der Waals surface area (Å²) >= 11 is 0. The number of hydrogen-bond donors (Lipinski definition) is 0. The Balaban J connectivity index is 0. The van der Waals surface area contributed by atoms with Gasteiger partial charge in [0.2, 0.25) is 0 Å². The van der Waals surface area contributed by atoms with E-state index in [0.29, 0.717) is 0 Å².